The maximum absolute atomic E-state index is 6.02. The Labute approximate surface area is 81.9 Å². The second kappa shape index (κ2) is 3.27. The Morgan fingerprint density at radius 2 is 2.08 bits per heavy atom. The molecule has 13 heavy (non-hydrogen) atoms. The van der Waals surface area contributed by atoms with E-state index in [4.69, 9.17) is 16.3 Å². The minimum absolute atomic E-state index is 0.736. The molecular weight excluding hydrogens is 184 g/mol. The first-order valence-electron chi connectivity index (χ1n) is 3.96. The Morgan fingerprint density at radius 3 is 2.85 bits per heavy atom. The second-order valence-corrected chi connectivity index (χ2v) is 3.12. The lowest BCUT2D eigenvalue weighted by Crippen LogP contribution is -1.84. The summed E-state index contributed by atoms with van der Waals surface area (Å²) in [5, 5.41) is 2.74. The van der Waals surface area contributed by atoms with Crippen LogP contribution < -0.4 is 4.74 Å². The predicted molar refractivity (Wildman–Crippen MR) is 54.3 cm³/mol. The van der Waals surface area contributed by atoms with Crippen LogP contribution in [0.2, 0.25) is 5.02 Å². The van der Waals surface area contributed by atoms with Gasteiger partial charge < -0.3 is 4.74 Å². The minimum Gasteiger partial charge on any atom is -0.495 e. The Morgan fingerprint density at radius 1 is 1.23 bits per heavy atom. The quantitative estimate of drug-likeness (QED) is 0.672. The number of halogens is 1. The molecule has 0 N–H and O–H groups in total. The van der Waals surface area contributed by atoms with E-state index in [0.29, 0.717) is 0 Å². The highest BCUT2D eigenvalue weighted by atomic mass is 35.5. The molecule has 0 aliphatic heterocycles. The third-order valence-corrected chi connectivity index (χ3v) is 2.30. The third kappa shape index (κ3) is 1.36. The van der Waals surface area contributed by atoms with E-state index in [0.717, 1.165) is 21.5 Å². The van der Waals surface area contributed by atoms with Crippen molar-refractivity contribution in [3.63, 3.8) is 0 Å². The van der Waals surface area contributed by atoms with E-state index in [9.17, 15) is 0 Å². The van der Waals surface area contributed by atoms with Crippen molar-refractivity contribution in [1.29, 1.82) is 0 Å². The van der Waals surface area contributed by atoms with E-state index >= 15 is 0 Å². The molecule has 1 radical (unpaired) electrons. The number of fused-ring (bicyclic) bond motifs is 1. The number of benzene rings is 2. The fourth-order valence-corrected chi connectivity index (χ4v) is 1.59. The highest BCUT2D eigenvalue weighted by molar-refractivity contribution is 6.35. The molecular formula is C11H8ClO. The van der Waals surface area contributed by atoms with E-state index in [1.165, 1.54) is 0 Å². The summed E-state index contributed by atoms with van der Waals surface area (Å²) in [6, 6.07) is 12.5. The summed E-state index contributed by atoms with van der Waals surface area (Å²) in [7, 11) is 1.63. The van der Waals surface area contributed by atoms with Crippen LogP contribution in [-0.4, -0.2) is 7.11 Å². The van der Waals surface area contributed by atoms with E-state index in [2.05, 4.69) is 6.07 Å². The number of methoxy groups -OCH3 is 1. The van der Waals surface area contributed by atoms with Crippen LogP contribution in [0.1, 0.15) is 0 Å². The largest absolute Gasteiger partial charge is 0.495 e. The molecule has 0 aliphatic rings. The highest BCUT2D eigenvalue weighted by Gasteiger charge is 2.02. The summed E-state index contributed by atoms with van der Waals surface area (Å²) in [5.74, 6) is 0.736. The summed E-state index contributed by atoms with van der Waals surface area (Å²) in [5.41, 5.74) is 0. The van der Waals surface area contributed by atoms with Gasteiger partial charge in [-0.1, -0.05) is 29.8 Å². The summed E-state index contributed by atoms with van der Waals surface area (Å²) in [6.07, 6.45) is 0. The van der Waals surface area contributed by atoms with Crippen LogP contribution in [0.15, 0.2) is 30.3 Å². The molecule has 65 valence electrons. The zero-order valence-corrected chi connectivity index (χ0v) is 7.93. The zero-order valence-electron chi connectivity index (χ0n) is 7.17. The average Bonchev–Trinajstić information content (AvgIpc) is 2.18. The zero-order chi connectivity index (χ0) is 9.26. The molecule has 0 bridgehead atoms. The third-order valence-electron chi connectivity index (χ3n) is 1.97. The Hall–Kier alpha value is -1.21. The lowest BCUT2D eigenvalue weighted by molar-refractivity contribution is 0.419. The van der Waals surface area contributed by atoms with Gasteiger partial charge in [-0.15, -0.1) is 0 Å². The van der Waals surface area contributed by atoms with Crippen molar-refractivity contribution < 1.29 is 4.74 Å². The number of rotatable bonds is 1. The maximum atomic E-state index is 6.02. The lowest BCUT2D eigenvalue weighted by atomic mass is 10.1. The second-order valence-electron chi connectivity index (χ2n) is 2.71. The molecule has 0 aromatic heterocycles. The van der Waals surface area contributed by atoms with Crippen LogP contribution in [0.3, 0.4) is 0 Å². The van der Waals surface area contributed by atoms with Gasteiger partial charge in [-0.25, -0.2) is 0 Å². The van der Waals surface area contributed by atoms with Crippen molar-refractivity contribution >= 4 is 22.4 Å². The van der Waals surface area contributed by atoms with Gasteiger partial charge in [-0.2, -0.15) is 0 Å². The van der Waals surface area contributed by atoms with Crippen molar-refractivity contribution in [2.24, 2.45) is 0 Å². The van der Waals surface area contributed by atoms with Gasteiger partial charge in [0.25, 0.3) is 0 Å². The Bertz CT molecular complexity index is 437. The Kier molecular flexibility index (Phi) is 2.11. The van der Waals surface area contributed by atoms with Crippen LogP contribution >= 0.6 is 11.6 Å². The average molecular weight is 192 g/mol. The summed E-state index contributed by atoms with van der Waals surface area (Å²) in [4.78, 5) is 0. The first kappa shape index (κ1) is 8.39. The van der Waals surface area contributed by atoms with Crippen LogP contribution in [0.5, 0.6) is 5.75 Å². The standard InChI is InChI=1S/C11H8ClO/c1-13-11-7-3-4-8-9(11)5-2-6-10(8)12/h2-6H,1H3. The number of hydrogen-bond donors (Lipinski definition) is 0. The van der Waals surface area contributed by atoms with Gasteiger partial charge in [-0.05, 0) is 12.1 Å². The topological polar surface area (TPSA) is 9.23 Å². The van der Waals surface area contributed by atoms with Crippen LogP contribution in [0.4, 0.5) is 0 Å². The van der Waals surface area contributed by atoms with Gasteiger partial charge in [0.2, 0.25) is 0 Å². The monoisotopic (exact) mass is 191 g/mol. The molecule has 0 unspecified atom stereocenters. The molecule has 0 amide bonds. The summed E-state index contributed by atoms with van der Waals surface area (Å²) < 4.78 is 5.17. The van der Waals surface area contributed by atoms with Crippen molar-refractivity contribution in [2.45, 2.75) is 0 Å². The molecule has 2 aromatic carbocycles. The lowest BCUT2D eigenvalue weighted by Gasteiger charge is -2.04. The highest BCUT2D eigenvalue weighted by Crippen LogP contribution is 2.29. The van der Waals surface area contributed by atoms with Crippen LogP contribution in [-0.2, 0) is 0 Å². The summed E-state index contributed by atoms with van der Waals surface area (Å²) >= 11 is 6.02. The normalized spacial score (nSPS) is 10.3. The molecule has 0 atom stereocenters. The van der Waals surface area contributed by atoms with Gasteiger partial charge in [0, 0.05) is 21.9 Å². The van der Waals surface area contributed by atoms with Crippen molar-refractivity contribution in [3.8, 4) is 5.75 Å². The van der Waals surface area contributed by atoms with Crippen molar-refractivity contribution in [1.82, 2.24) is 0 Å². The smallest absolute Gasteiger partial charge is 0.134 e. The molecule has 2 rings (SSSR count). The maximum Gasteiger partial charge on any atom is 0.134 e. The van der Waals surface area contributed by atoms with E-state index in [1.807, 2.05) is 30.3 Å². The molecule has 0 spiro atoms. The first-order chi connectivity index (χ1) is 6.33. The molecule has 2 aromatic rings. The fourth-order valence-electron chi connectivity index (χ4n) is 1.35. The molecule has 1 nitrogen and oxygen atoms in total. The number of hydrogen-bond acceptors (Lipinski definition) is 1. The van der Waals surface area contributed by atoms with Crippen molar-refractivity contribution in [2.75, 3.05) is 7.11 Å². The minimum atomic E-state index is 0.736. The van der Waals surface area contributed by atoms with Gasteiger partial charge in [0.1, 0.15) is 5.75 Å². The van der Waals surface area contributed by atoms with E-state index in [1.54, 1.807) is 7.11 Å². The van der Waals surface area contributed by atoms with Crippen LogP contribution in [0, 0.1) is 6.07 Å². The van der Waals surface area contributed by atoms with Gasteiger partial charge in [-0.3, -0.25) is 0 Å². The van der Waals surface area contributed by atoms with E-state index < -0.39 is 0 Å². The Balaban J connectivity index is 2.84. The SMILES string of the molecule is COc1[c]ccc2c(Cl)cccc12. The predicted octanol–water partition coefficient (Wildman–Crippen LogP) is 3.30. The van der Waals surface area contributed by atoms with E-state index in [-0.39, 0.29) is 0 Å². The molecule has 0 aliphatic carbocycles. The molecule has 0 saturated heterocycles. The van der Waals surface area contributed by atoms with Crippen molar-refractivity contribution in [3.05, 3.63) is 41.4 Å². The number of ether oxygens (including phenoxy) is 1. The van der Waals surface area contributed by atoms with Gasteiger partial charge in [0.05, 0.1) is 7.11 Å². The van der Waals surface area contributed by atoms with Gasteiger partial charge >= 0.3 is 0 Å². The molecule has 0 saturated carbocycles. The first-order valence-corrected chi connectivity index (χ1v) is 4.33. The fraction of sp³-hybridized carbons (Fsp3) is 0.0909. The molecule has 2 heteroatoms. The van der Waals surface area contributed by atoms with Crippen LogP contribution in [0.25, 0.3) is 10.8 Å². The summed E-state index contributed by atoms with van der Waals surface area (Å²) in [6.45, 7) is 0. The van der Waals surface area contributed by atoms with Gasteiger partial charge in [0.15, 0.2) is 0 Å². The molecule has 0 fully saturated rings. The molecule has 0 heterocycles.